The maximum atomic E-state index is 13.5. The minimum Gasteiger partial charge on any atom is -0.492 e. The van der Waals surface area contributed by atoms with Crippen molar-refractivity contribution in [2.75, 3.05) is 60.7 Å². The van der Waals surface area contributed by atoms with Gasteiger partial charge in [-0.25, -0.2) is 8.42 Å². The number of rotatable bonds is 3. The van der Waals surface area contributed by atoms with Gasteiger partial charge in [0, 0.05) is 44.8 Å². The topological polar surface area (TPSA) is 71.6 Å². The molecule has 9 heteroatoms. The zero-order valence-electron chi connectivity index (χ0n) is 15.4. The fourth-order valence-corrected chi connectivity index (χ4v) is 5.72. The van der Waals surface area contributed by atoms with Gasteiger partial charge in [0.25, 0.3) is 0 Å². The molecule has 0 amide bonds. The Kier molecular flexibility index (Phi) is 4.50. The van der Waals surface area contributed by atoms with Gasteiger partial charge in [0.05, 0.1) is 7.11 Å². The Morgan fingerprint density at radius 1 is 0.923 bits per heavy atom. The summed E-state index contributed by atoms with van der Waals surface area (Å²) in [4.78, 5) is 4.56. The third-order valence-corrected chi connectivity index (χ3v) is 7.37. The lowest BCUT2D eigenvalue weighted by Gasteiger charge is -2.34. The van der Waals surface area contributed by atoms with E-state index in [0.717, 1.165) is 30.8 Å². The Morgan fingerprint density at radius 2 is 1.62 bits per heavy atom. The second kappa shape index (κ2) is 6.56. The number of methoxy groups -OCH3 is 1. The van der Waals surface area contributed by atoms with Gasteiger partial charge in [-0.05, 0) is 26.1 Å². The van der Waals surface area contributed by atoms with Gasteiger partial charge in [0.15, 0.2) is 11.5 Å². The maximum absolute atomic E-state index is 13.5. The number of benzene rings is 1. The molecule has 26 heavy (non-hydrogen) atoms. The molecule has 1 aromatic carbocycles. The molecule has 3 aliphatic rings. The van der Waals surface area contributed by atoms with E-state index >= 15 is 0 Å². The molecule has 0 N–H and O–H groups in total. The van der Waals surface area contributed by atoms with Crippen LogP contribution in [0.4, 0.5) is 0 Å². The third kappa shape index (κ3) is 2.74. The SMILES string of the molecule is COc1c2c(c(S(=O)(=O)N3CCN(C)CC3)c3c1OCO3)CCN(C)C2. The summed E-state index contributed by atoms with van der Waals surface area (Å²) in [6, 6.07) is 0. The minimum atomic E-state index is -3.67. The number of ether oxygens (including phenoxy) is 3. The molecule has 3 aliphatic heterocycles. The van der Waals surface area contributed by atoms with Crippen LogP contribution in [-0.2, 0) is 23.0 Å². The number of nitrogens with zero attached hydrogens (tertiary/aromatic N) is 3. The van der Waals surface area contributed by atoms with Crippen LogP contribution in [-0.4, -0.2) is 83.2 Å². The molecule has 1 saturated heterocycles. The van der Waals surface area contributed by atoms with E-state index in [0.29, 0.717) is 43.3 Å². The summed E-state index contributed by atoms with van der Waals surface area (Å²) < 4.78 is 45.4. The van der Waals surface area contributed by atoms with Gasteiger partial charge in [0.1, 0.15) is 4.90 Å². The molecule has 0 aromatic heterocycles. The van der Waals surface area contributed by atoms with E-state index in [1.807, 2.05) is 14.1 Å². The van der Waals surface area contributed by atoms with Crippen molar-refractivity contribution in [1.82, 2.24) is 14.1 Å². The van der Waals surface area contributed by atoms with Crippen LogP contribution in [0.25, 0.3) is 0 Å². The number of likely N-dealkylation sites (N-methyl/N-ethyl adjacent to an activating group) is 2. The molecule has 4 rings (SSSR count). The van der Waals surface area contributed by atoms with Gasteiger partial charge < -0.3 is 24.0 Å². The van der Waals surface area contributed by atoms with Crippen molar-refractivity contribution in [1.29, 1.82) is 0 Å². The summed E-state index contributed by atoms with van der Waals surface area (Å²) >= 11 is 0. The highest BCUT2D eigenvalue weighted by Gasteiger charge is 2.40. The van der Waals surface area contributed by atoms with Crippen LogP contribution in [0.5, 0.6) is 17.2 Å². The lowest BCUT2D eigenvalue weighted by atomic mass is 9.97. The van der Waals surface area contributed by atoms with Crippen LogP contribution in [0.1, 0.15) is 11.1 Å². The zero-order chi connectivity index (χ0) is 18.5. The van der Waals surface area contributed by atoms with Gasteiger partial charge >= 0.3 is 0 Å². The number of sulfonamides is 1. The van der Waals surface area contributed by atoms with Crippen LogP contribution in [0, 0.1) is 0 Å². The van der Waals surface area contributed by atoms with Gasteiger partial charge in [-0.3, -0.25) is 0 Å². The fourth-order valence-electron chi connectivity index (χ4n) is 3.89. The van der Waals surface area contributed by atoms with Crippen LogP contribution in [0.3, 0.4) is 0 Å². The predicted octanol–water partition coefficient (Wildman–Crippen LogP) is 0.348. The van der Waals surface area contributed by atoms with Crippen molar-refractivity contribution in [3.63, 3.8) is 0 Å². The first-order valence-corrected chi connectivity index (χ1v) is 10.3. The van der Waals surface area contributed by atoms with Crippen LogP contribution in [0.15, 0.2) is 4.90 Å². The van der Waals surface area contributed by atoms with E-state index in [4.69, 9.17) is 14.2 Å². The smallest absolute Gasteiger partial charge is 0.247 e. The van der Waals surface area contributed by atoms with Gasteiger partial charge in [-0.15, -0.1) is 0 Å². The second-order valence-corrected chi connectivity index (χ2v) is 8.95. The van der Waals surface area contributed by atoms with Crippen LogP contribution < -0.4 is 14.2 Å². The van der Waals surface area contributed by atoms with Crippen molar-refractivity contribution in [3.8, 4) is 17.2 Å². The van der Waals surface area contributed by atoms with Gasteiger partial charge in [-0.2, -0.15) is 4.31 Å². The first-order chi connectivity index (χ1) is 12.4. The molecule has 0 spiro atoms. The molecule has 0 saturated carbocycles. The van der Waals surface area contributed by atoms with Crippen molar-refractivity contribution >= 4 is 10.0 Å². The lowest BCUT2D eigenvalue weighted by molar-refractivity contribution is 0.169. The molecule has 0 radical (unpaired) electrons. The van der Waals surface area contributed by atoms with E-state index < -0.39 is 10.0 Å². The molecule has 1 aromatic rings. The van der Waals surface area contributed by atoms with Gasteiger partial charge in [-0.1, -0.05) is 0 Å². The van der Waals surface area contributed by atoms with Crippen molar-refractivity contribution in [2.24, 2.45) is 0 Å². The average Bonchev–Trinajstić information content (AvgIpc) is 3.08. The summed E-state index contributed by atoms with van der Waals surface area (Å²) in [6.07, 6.45) is 0.640. The van der Waals surface area contributed by atoms with E-state index in [-0.39, 0.29) is 11.7 Å². The van der Waals surface area contributed by atoms with E-state index in [1.54, 1.807) is 11.4 Å². The molecule has 3 heterocycles. The Morgan fingerprint density at radius 3 is 2.31 bits per heavy atom. The summed E-state index contributed by atoms with van der Waals surface area (Å²) in [5, 5.41) is 0. The summed E-state index contributed by atoms with van der Waals surface area (Å²) in [5.74, 6) is 1.31. The Balaban J connectivity index is 1.89. The molecule has 0 atom stereocenters. The quantitative estimate of drug-likeness (QED) is 0.746. The van der Waals surface area contributed by atoms with Crippen LogP contribution >= 0.6 is 0 Å². The zero-order valence-corrected chi connectivity index (χ0v) is 16.3. The Hall–Kier alpha value is -1.55. The average molecular weight is 383 g/mol. The highest BCUT2D eigenvalue weighted by molar-refractivity contribution is 7.89. The lowest BCUT2D eigenvalue weighted by Crippen LogP contribution is -2.47. The normalized spacial score (nSPS) is 21.7. The molecule has 1 fully saturated rings. The van der Waals surface area contributed by atoms with Crippen LogP contribution in [0.2, 0.25) is 0 Å². The molecular formula is C17H25N3O5S. The number of fused-ring (bicyclic) bond motifs is 2. The molecule has 8 nitrogen and oxygen atoms in total. The monoisotopic (exact) mass is 383 g/mol. The molecular weight excluding hydrogens is 358 g/mol. The Bertz CT molecular complexity index is 818. The Labute approximate surface area is 154 Å². The molecule has 144 valence electrons. The summed E-state index contributed by atoms with van der Waals surface area (Å²) in [7, 11) is 1.94. The van der Waals surface area contributed by atoms with Crippen molar-refractivity contribution in [3.05, 3.63) is 11.1 Å². The van der Waals surface area contributed by atoms with Crippen molar-refractivity contribution < 1.29 is 22.6 Å². The van der Waals surface area contributed by atoms with Crippen molar-refractivity contribution in [2.45, 2.75) is 17.9 Å². The first kappa shape index (κ1) is 17.8. The first-order valence-electron chi connectivity index (χ1n) is 8.82. The maximum Gasteiger partial charge on any atom is 0.247 e. The number of piperazine rings is 1. The predicted molar refractivity (Wildman–Crippen MR) is 95.4 cm³/mol. The largest absolute Gasteiger partial charge is 0.492 e. The van der Waals surface area contributed by atoms with E-state index in [9.17, 15) is 8.42 Å². The number of hydrogen-bond acceptors (Lipinski definition) is 7. The standard InChI is InChI=1S/C17H25N3O5S/c1-18-6-8-20(9-7-18)26(21,22)17-12-4-5-19(2)10-13(12)14(23-3)15-16(17)25-11-24-15/h4-11H2,1-3H3. The van der Waals surface area contributed by atoms with E-state index in [1.165, 1.54) is 0 Å². The summed E-state index contributed by atoms with van der Waals surface area (Å²) in [6.45, 7) is 3.83. The molecule has 0 aliphatic carbocycles. The highest BCUT2D eigenvalue weighted by atomic mass is 32.2. The third-order valence-electron chi connectivity index (χ3n) is 5.37. The fraction of sp³-hybridized carbons (Fsp3) is 0.647. The molecule has 0 unspecified atom stereocenters. The second-order valence-electron chi connectivity index (χ2n) is 7.08. The highest BCUT2D eigenvalue weighted by Crippen LogP contribution is 2.51. The van der Waals surface area contributed by atoms with Gasteiger partial charge in [0.2, 0.25) is 22.6 Å². The summed E-state index contributed by atoms with van der Waals surface area (Å²) in [5.41, 5.74) is 1.70. The van der Waals surface area contributed by atoms with E-state index in [2.05, 4.69) is 9.80 Å². The minimum absolute atomic E-state index is 0.00961. The molecule has 0 bridgehead atoms. The number of hydrogen-bond donors (Lipinski definition) is 0.